The molecule has 0 aromatic carbocycles. The van der Waals surface area contributed by atoms with Crippen LogP contribution >= 0.6 is 0 Å². The second kappa shape index (κ2) is 4.00. The third kappa shape index (κ3) is 1.74. The summed E-state index contributed by atoms with van der Waals surface area (Å²) in [4.78, 5) is 14.1. The molecule has 3 aliphatic rings. The van der Waals surface area contributed by atoms with Gasteiger partial charge < -0.3 is 15.0 Å². The van der Waals surface area contributed by atoms with E-state index in [1.165, 1.54) is 12.8 Å². The molecule has 0 bridgehead atoms. The molecular weight excluding hydrogens is 204 g/mol. The average Bonchev–Trinajstić information content (AvgIpc) is 2.61. The van der Waals surface area contributed by atoms with Crippen molar-refractivity contribution in [3.63, 3.8) is 0 Å². The van der Waals surface area contributed by atoms with Crippen LogP contribution in [0.15, 0.2) is 0 Å². The van der Waals surface area contributed by atoms with Crippen LogP contribution in [0.4, 0.5) is 0 Å². The summed E-state index contributed by atoms with van der Waals surface area (Å²) in [5.41, 5.74) is 0.0189. The Morgan fingerprint density at radius 3 is 2.81 bits per heavy atom. The minimum atomic E-state index is 0.0189. The first kappa shape index (κ1) is 10.5. The molecule has 1 atom stereocenters. The van der Waals surface area contributed by atoms with Gasteiger partial charge in [0.15, 0.2) is 0 Å². The molecule has 3 saturated heterocycles. The highest BCUT2D eigenvalue weighted by molar-refractivity contribution is 5.80. The van der Waals surface area contributed by atoms with Crippen molar-refractivity contribution in [1.29, 1.82) is 0 Å². The molecule has 0 saturated carbocycles. The Morgan fingerprint density at radius 2 is 2.19 bits per heavy atom. The second-order valence-electron chi connectivity index (χ2n) is 5.35. The van der Waals surface area contributed by atoms with Crippen molar-refractivity contribution in [3.05, 3.63) is 0 Å². The quantitative estimate of drug-likeness (QED) is 0.700. The zero-order chi connectivity index (χ0) is 11.0. The fourth-order valence-electron chi connectivity index (χ4n) is 2.99. The minimum Gasteiger partial charge on any atom is -0.373 e. The molecule has 1 N–H and O–H groups in total. The zero-order valence-electron chi connectivity index (χ0n) is 9.71. The van der Waals surface area contributed by atoms with Crippen molar-refractivity contribution in [2.24, 2.45) is 5.92 Å². The standard InChI is InChI=1S/C12H20N2O2/c15-11(10-7-13-8-10)14-5-4-12(9-14)3-1-2-6-16-12/h10,13H,1-9H2. The van der Waals surface area contributed by atoms with Crippen molar-refractivity contribution < 1.29 is 9.53 Å². The van der Waals surface area contributed by atoms with Crippen LogP contribution in [-0.2, 0) is 9.53 Å². The van der Waals surface area contributed by atoms with Gasteiger partial charge in [-0.25, -0.2) is 0 Å². The molecule has 90 valence electrons. The first-order chi connectivity index (χ1) is 7.79. The largest absolute Gasteiger partial charge is 0.373 e. The van der Waals surface area contributed by atoms with E-state index >= 15 is 0 Å². The summed E-state index contributed by atoms with van der Waals surface area (Å²) < 4.78 is 5.93. The highest BCUT2D eigenvalue weighted by Gasteiger charge is 2.43. The van der Waals surface area contributed by atoms with Crippen LogP contribution in [0.5, 0.6) is 0 Å². The van der Waals surface area contributed by atoms with E-state index in [-0.39, 0.29) is 11.5 Å². The molecule has 3 rings (SSSR count). The second-order valence-corrected chi connectivity index (χ2v) is 5.35. The first-order valence-electron chi connectivity index (χ1n) is 6.43. The summed E-state index contributed by atoms with van der Waals surface area (Å²) in [7, 11) is 0. The molecule has 1 unspecified atom stereocenters. The van der Waals surface area contributed by atoms with Crippen LogP contribution in [0.25, 0.3) is 0 Å². The van der Waals surface area contributed by atoms with Gasteiger partial charge in [0.05, 0.1) is 11.5 Å². The summed E-state index contributed by atoms with van der Waals surface area (Å²) >= 11 is 0. The lowest BCUT2D eigenvalue weighted by atomic mass is 9.93. The van der Waals surface area contributed by atoms with E-state index in [1.54, 1.807) is 0 Å². The van der Waals surface area contributed by atoms with E-state index in [4.69, 9.17) is 4.74 Å². The molecule has 3 aliphatic heterocycles. The van der Waals surface area contributed by atoms with Gasteiger partial charge in [-0.1, -0.05) is 0 Å². The van der Waals surface area contributed by atoms with Gasteiger partial charge in [-0.05, 0) is 25.7 Å². The SMILES string of the molecule is O=C(C1CNC1)N1CCC2(CCCCO2)C1. The smallest absolute Gasteiger partial charge is 0.228 e. The maximum atomic E-state index is 12.1. The number of rotatable bonds is 1. The van der Waals surface area contributed by atoms with Crippen LogP contribution in [0.1, 0.15) is 25.7 Å². The Hall–Kier alpha value is -0.610. The Labute approximate surface area is 96.3 Å². The topological polar surface area (TPSA) is 41.6 Å². The lowest BCUT2D eigenvalue weighted by Crippen LogP contribution is -2.52. The van der Waals surface area contributed by atoms with Crippen LogP contribution in [0.3, 0.4) is 0 Å². The van der Waals surface area contributed by atoms with Gasteiger partial charge in [0.25, 0.3) is 0 Å². The van der Waals surface area contributed by atoms with Crippen LogP contribution in [-0.4, -0.2) is 49.2 Å². The van der Waals surface area contributed by atoms with Gasteiger partial charge in [-0.15, -0.1) is 0 Å². The number of carbonyl (C=O) groups excluding carboxylic acids is 1. The third-order valence-corrected chi connectivity index (χ3v) is 4.19. The van der Waals surface area contributed by atoms with E-state index in [2.05, 4.69) is 5.32 Å². The van der Waals surface area contributed by atoms with Gasteiger partial charge >= 0.3 is 0 Å². The van der Waals surface area contributed by atoms with Gasteiger partial charge in [-0.3, -0.25) is 4.79 Å². The maximum absolute atomic E-state index is 12.1. The van der Waals surface area contributed by atoms with Crippen molar-refractivity contribution >= 4 is 5.91 Å². The Balaban J connectivity index is 1.61. The van der Waals surface area contributed by atoms with E-state index in [1.807, 2.05) is 4.90 Å². The summed E-state index contributed by atoms with van der Waals surface area (Å²) in [5.74, 6) is 0.573. The average molecular weight is 224 g/mol. The molecule has 4 heteroatoms. The number of carbonyl (C=O) groups is 1. The van der Waals surface area contributed by atoms with Crippen molar-refractivity contribution in [3.8, 4) is 0 Å². The van der Waals surface area contributed by atoms with Gasteiger partial charge in [0.1, 0.15) is 0 Å². The molecule has 0 aliphatic carbocycles. The number of likely N-dealkylation sites (tertiary alicyclic amines) is 1. The summed E-state index contributed by atoms with van der Waals surface area (Å²) in [6.45, 7) is 4.34. The molecule has 0 radical (unpaired) electrons. The van der Waals surface area contributed by atoms with Gasteiger partial charge in [0.2, 0.25) is 5.91 Å². The van der Waals surface area contributed by atoms with Crippen molar-refractivity contribution in [2.45, 2.75) is 31.3 Å². The van der Waals surface area contributed by atoms with Gasteiger partial charge in [-0.2, -0.15) is 0 Å². The van der Waals surface area contributed by atoms with E-state index in [0.29, 0.717) is 5.91 Å². The predicted octanol–water partition coefficient (Wildman–Crippen LogP) is 0.377. The zero-order valence-corrected chi connectivity index (χ0v) is 9.71. The highest BCUT2D eigenvalue weighted by Crippen LogP contribution is 2.34. The van der Waals surface area contributed by atoms with Crippen LogP contribution in [0.2, 0.25) is 0 Å². The summed E-state index contributed by atoms with van der Waals surface area (Å²) in [6, 6.07) is 0. The van der Waals surface area contributed by atoms with E-state index < -0.39 is 0 Å². The van der Waals surface area contributed by atoms with Crippen molar-refractivity contribution in [1.82, 2.24) is 10.2 Å². The molecular formula is C12H20N2O2. The molecule has 0 aromatic heterocycles. The maximum Gasteiger partial charge on any atom is 0.228 e. The molecule has 16 heavy (non-hydrogen) atoms. The number of nitrogens with zero attached hydrogens (tertiary/aromatic N) is 1. The van der Waals surface area contributed by atoms with Gasteiger partial charge in [0, 0.05) is 32.8 Å². The number of ether oxygens (including phenoxy) is 1. The third-order valence-electron chi connectivity index (χ3n) is 4.19. The highest BCUT2D eigenvalue weighted by atomic mass is 16.5. The fraction of sp³-hybridized carbons (Fsp3) is 0.917. The van der Waals surface area contributed by atoms with Crippen molar-refractivity contribution in [2.75, 3.05) is 32.8 Å². The normalized spacial score (nSPS) is 35.4. The molecule has 1 amide bonds. The first-order valence-corrected chi connectivity index (χ1v) is 6.43. The van der Waals surface area contributed by atoms with Crippen LogP contribution in [0, 0.1) is 5.92 Å². The molecule has 3 fully saturated rings. The monoisotopic (exact) mass is 224 g/mol. The summed E-state index contributed by atoms with van der Waals surface area (Å²) in [5, 5.41) is 3.16. The summed E-state index contributed by atoms with van der Waals surface area (Å²) in [6.07, 6.45) is 4.62. The van der Waals surface area contributed by atoms with E-state index in [0.717, 1.165) is 45.6 Å². The van der Waals surface area contributed by atoms with Crippen LogP contribution < -0.4 is 5.32 Å². The molecule has 1 spiro atoms. The molecule has 3 heterocycles. The number of nitrogens with one attached hydrogen (secondary N) is 1. The number of amides is 1. The lowest BCUT2D eigenvalue weighted by molar-refractivity contribution is -0.138. The Kier molecular flexibility index (Phi) is 2.64. The molecule has 4 nitrogen and oxygen atoms in total. The Morgan fingerprint density at radius 1 is 1.31 bits per heavy atom. The number of hydrogen-bond donors (Lipinski definition) is 1. The van der Waals surface area contributed by atoms with E-state index in [9.17, 15) is 4.79 Å². The number of hydrogen-bond acceptors (Lipinski definition) is 3. The Bertz CT molecular complexity index is 283. The minimum absolute atomic E-state index is 0.0189. The predicted molar refractivity (Wildman–Crippen MR) is 60.1 cm³/mol. The lowest BCUT2D eigenvalue weighted by Gasteiger charge is -2.35. The fourth-order valence-corrected chi connectivity index (χ4v) is 2.99. The molecule has 0 aromatic rings.